The minimum Gasteiger partial charge on any atom is -0.489 e. The van der Waals surface area contributed by atoms with Gasteiger partial charge in [0.25, 0.3) is 0 Å². The fraction of sp³-hybridized carbons (Fsp3) is 0.412. The highest BCUT2D eigenvalue weighted by molar-refractivity contribution is 7.11. The topological polar surface area (TPSA) is 58.5 Å². The average Bonchev–Trinajstić information content (AvgIpc) is 2.88. The van der Waals surface area contributed by atoms with Gasteiger partial charge in [0.1, 0.15) is 16.9 Å². The maximum Gasteiger partial charge on any atom is 0.191 e. The number of benzene rings is 1. The van der Waals surface area contributed by atoms with Crippen LogP contribution in [0, 0.1) is 13.8 Å². The summed E-state index contributed by atoms with van der Waals surface area (Å²) >= 11 is 7.57. The van der Waals surface area contributed by atoms with Gasteiger partial charge >= 0.3 is 0 Å². The summed E-state index contributed by atoms with van der Waals surface area (Å²) in [6.45, 7) is 7.41. The van der Waals surface area contributed by atoms with Crippen LogP contribution in [0.25, 0.3) is 0 Å². The minimum atomic E-state index is -0.00548. The second kappa shape index (κ2) is 8.89. The quantitative estimate of drug-likeness (QED) is 0.606. The molecular weight excluding hydrogens is 344 g/mol. The molecule has 1 aromatic carbocycles. The molecule has 0 bridgehead atoms. The van der Waals surface area contributed by atoms with E-state index in [0.717, 1.165) is 22.4 Å². The Hall–Kier alpha value is -1.79. The monoisotopic (exact) mass is 366 g/mol. The van der Waals surface area contributed by atoms with Gasteiger partial charge in [0, 0.05) is 16.9 Å². The van der Waals surface area contributed by atoms with Crippen molar-refractivity contribution in [2.24, 2.45) is 4.99 Å². The van der Waals surface area contributed by atoms with Crippen molar-refractivity contribution in [3.05, 3.63) is 44.9 Å². The van der Waals surface area contributed by atoms with E-state index in [2.05, 4.69) is 27.5 Å². The van der Waals surface area contributed by atoms with Crippen LogP contribution in [-0.2, 0) is 6.54 Å². The summed E-state index contributed by atoms with van der Waals surface area (Å²) < 4.78 is 5.83. The van der Waals surface area contributed by atoms with Crippen molar-refractivity contribution < 1.29 is 4.74 Å². The van der Waals surface area contributed by atoms with Gasteiger partial charge in [-0.05, 0) is 45.0 Å². The molecule has 130 valence electrons. The highest BCUT2D eigenvalue weighted by Crippen LogP contribution is 2.17. The first-order chi connectivity index (χ1) is 11.5. The summed E-state index contributed by atoms with van der Waals surface area (Å²) in [5, 5.41) is 8.28. The number of hydrogen-bond acceptors (Lipinski definition) is 4. The molecule has 0 aliphatic heterocycles. The number of aliphatic imine (C=N–C) groups is 1. The van der Waals surface area contributed by atoms with Gasteiger partial charge in [-0.25, -0.2) is 4.98 Å². The number of rotatable bonds is 6. The minimum absolute atomic E-state index is 0.00548. The van der Waals surface area contributed by atoms with Crippen molar-refractivity contribution >= 4 is 28.9 Å². The van der Waals surface area contributed by atoms with Crippen molar-refractivity contribution in [1.82, 2.24) is 15.6 Å². The lowest BCUT2D eigenvalue weighted by molar-refractivity contribution is 0.224. The number of aryl methyl sites for hydroxylation is 2. The molecule has 0 saturated heterocycles. The van der Waals surface area contributed by atoms with Crippen molar-refractivity contribution in [2.45, 2.75) is 33.4 Å². The third-order valence-corrected chi connectivity index (χ3v) is 4.74. The van der Waals surface area contributed by atoms with Gasteiger partial charge in [0.05, 0.1) is 18.8 Å². The smallest absolute Gasteiger partial charge is 0.191 e. The fourth-order valence-corrected chi connectivity index (χ4v) is 3.02. The van der Waals surface area contributed by atoms with Crippen molar-refractivity contribution in [2.75, 3.05) is 13.6 Å². The van der Waals surface area contributed by atoms with E-state index in [1.165, 1.54) is 4.88 Å². The van der Waals surface area contributed by atoms with Crippen LogP contribution in [0.5, 0.6) is 5.75 Å². The van der Waals surface area contributed by atoms with Gasteiger partial charge in [-0.2, -0.15) is 0 Å². The molecule has 2 rings (SSSR count). The molecule has 0 fully saturated rings. The zero-order valence-electron chi connectivity index (χ0n) is 14.4. The van der Waals surface area contributed by atoms with E-state index in [-0.39, 0.29) is 6.10 Å². The molecule has 1 atom stereocenters. The van der Waals surface area contributed by atoms with Crippen LogP contribution in [-0.4, -0.2) is 30.6 Å². The molecule has 0 amide bonds. The number of nitrogens with one attached hydrogen (secondary N) is 2. The van der Waals surface area contributed by atoms with Crippen LogP contribution in [0.4, 0.5) is 0 Å². The van der Waals surface area contributed by atoms with Gasteiger partial charge in [-0.1, -0.05) is 11.6 Å². The predicted octanol–water partition coefficient (Wildman–Crippen LogP) is 3.55. The first-order valence-electron chi connectivity index (χ1n) is 7.77. The molecule has 0 saturated carbocycles. The molecular formula is C17H23ClN4OS. The van der Waals surface area contributed by atoms with Gasteiger partial charge in [-0.3, -0.25) is 4.99 Å². The summed E-state index contributed by atoms with van der Waals surface area (Å²) in [7, 11) is 1.75. The highest BCUT2D eigenvalue weighted by Gasteiger charge is 2.07. The largest absolute Gasteiger partial charge is 0.489 e. The number of hydrogen-bond donors (Lipinski definition) is 2. The predicted molar refractivity (Wildman–Crippen MR) is 101 cm³/mol. The molecule has 1 heterocycles. The van der Waals surface area contributed by atoms with E-state index >= 15 is 0 Å². The van der Waals surface area contributed by atoms with Crippen LogP contribution < -0.4 is 15.4 Å². The van der Waals surface area contributed by atoms with Crippen LogP contribution in [0.2, 0.25) is 5.02 Å². The normalized spacial score (nSPS) is 12.8. The molecule has 7 heteroatoms. The van der Waals surface area contributed by atoms with Gasteiger partial charge in [0.2, 0.25) is 0 Å². The van der Waals surface area contributed by atoms with Crippen molar-refractivity contribution in [3.63, 3.8) is 0 Å². The Balaban J connectivity index is 1.77. The number of guanidine groups is 1. The summed E-state index contributed by atoms with van der Waals surface area (Å²) in [5.74, 6) is 1.53. The Morgan fingerprint density at radius 1 is 1.29 bits per heavy atom. The van der Waals surface area contributed by atoms with E-state index in [9.17, 15) is 0 Å². The standard InChI is InChI=1S/C17H23ClN4OS/c1-11(23-15-7-5-14(18)6-8-15)9-20-17(19-4)21-10-16-22-12(2)13(3)24-16/h5-8,11H,9-10H2,1-4H3,(H2,19,20,21). The summed E-state index contributed by atoms with van der Waals surface area (Å²) in [6, 6.07) is 7.35. The molecule has 24 heavy (non-hydrogen) atoms. The molecule has 0 aliphatic rings. The van der Waals surface area contributed by atoms with E-state index in [1.54, 1.807) is 18.4 Å². The Kier molecular flexibility index (Phi) is 6.87. The molecule has 5 nitrogen and oxygen atoms in total. The average molecular weight is 367 g/mol. The first kappa shape index (κ1) is 18.5. The Bertz CT molecular complexity index is 665. The zero-order valence-corrected chi connectivity index (χ0v) is 16.0. The molecule has 0 radical (unpaired) electrons. The van der Waals surface area contributed by atoms with Crippen molar-refractivity contribution in [1.29, 1.82) is 0 Å². The molecule has 0 aliphatic carbocycles. The lowest BCUT2D eigenvalue weighted by Gasteiger charge is -2.17. The van der Waals surface area contributed by atoms with Crippen LogP contribution in [0.15, 0.2) is 29.3 Å². The lowest BCUT2D eigenvalue weighted by Crippen LogP contribution is -2.41. The SMILES string of the molecule is CN=C(NCc1nc(C)c(C)s1)NCC(C)Oc1ccc(Cl)cc1. The number of thiazole rings is 1. The molecule has 2 aromatic rings. The Morgan fingerprint density at radius 2 is 2.00 bits per heavy atom. The third kappa shape index (κ3) is 5.69. The molecule has 1 unspecified atom stereocenters. The van der Waals surface area contributed by atoms with Crippen LogP contribution in [0.3, 0.4) is 0 Å². The Morgan fingerprint density at radius 3 is 2.58 bits per heavy atom. The second-order valence-corrected chi connectivity index (χ2v) is 7.16. The van der Waals surface area contributed by atoms with Crippen LogP contribution >= 0.6 is 22.9 Å². The van der Waals surface area contributed by atoms with Crippen LogP contribution in [0.1, 0.15) is 22.5 Å². The van der Waals surface area contributed by atoms with Gasteiger partial charge in [0.15, 0.2) is 5.96 Å². The third-order valence-electron chi connectivity index (χ3n) is 3.41. The van der Waals surface area contributed by atoms with E-state index in [4.69, 9.17) is 16.3 Å². The fourth-order valence-electron chi connectivity index (χ4n) is 2.02. The molecule has 1 aromatic heterocycles. The van der Waals surface area contributed by atoms with Gasteiger partial charge in [-0.15, -0.1) is 11.3 Å². The molecule has 2 N–H and O–H groups in total. The number of aromatic nitrogens is 1. The summed E-state index contributed by atoms with van der Waals surface area (Å²) in [4.78, 5) is 9.98. The van der Waals surface area contributed by atoms with Crippen molar-refractivity contribution in [3.8, 4) is 5.75 Å². The lowest BCUT2D eigenvalue weighted by atomic mass is 10.3. The number of ether oxygens (including phenoxy) is 1. The maximum absolute atomic E-state index is 5.87. The maximum atomic E-state index is 5.87. The summed E-state index contributed by atoms with van der Waals surface area (Å²) in [6.07, 6.45) is -0.00548. The first-order valence-corrected chi connectivity index (χ1v) is 8.97. The highest BCUT2D eigenvalue weighted by atomic mass is 35.5. The number of nitrogens with zero attached hydrogens (tertiary/aromatic N) is 2. The van der Waals surface area contributed by atoms with E-state index in [1.807, 2.05) is 38.1 Å². The number of halogens is 1. The summed E-state index contributed by atoms with van der Waals surface area (Å²) in [5.41, 5.74) is 1.09. The Labute approximate surface area is 152 Å². The van der Waals surface area contributed by atoms with Gasteiger partial charge < -0.3 is 15.4 Å². The van der Waals surface area contributed by atoms with E-state index < -0.39 is 0 Å². The zero-order chi connectivity index (χ0) is 17.5. The van der Waals surface area contributed by atoms with E-state index in [0.29, 0.717) is 18.1 Å². The second-order valence-electron chi connectivity index (χ2n) is 5.44. The molecule has 0 spiro atoms.